The molecule has 1 aromatic carbocycles. The zero-order valence-corrected chi connectivity index (χ0v) is 13.2. The minimum atomic E-state index is 0.0276. The Balaban J connectivity index is 1.81. The predicted octanol–water partition coefficient (Wildman–Crippen LogP) is 3.58. The number of piperidine rings is 1. The number of pyridine rings is 1. The molecule has 0 N–H and O–H groups in total. The van der Waals surface area contributed by atoms with Crippen LogP contribution in [0.5, 0.6) is 0 Å². The quantitative estimate of drug-likeness (QED) is 0.848. The van der Waals surface area contributed by atoms with E-state index in [1.807, 2.05) is 30.0 Å². The van der Waals surface area contributed by atoms with Gasteiger partial charge in [-0.1, -0.05) is 43.3 Å². The van der Waals surface area contributed by atoms with Gasteiger partial charge in [0.25, 0.3) is 5.91 Å². The lowest BCUT2D eigenvalue weighted by atomic mass is 9.76. The highest BCUT2D eigenvalue weighted by Crippen LogP contribution is 2.33. The molecule has 0 radical (unpaired) electrons. The van der Waals surface area contributed by atoms with E-state index < -0.39 is 0 Å². The van der Waals surface area contributed by atoms with E-state index in [0.29, 0.717) is 5.69 Å². The van der Waals surface area contributed by atoms with Gasteiger partial charge in [-0.3, -0.25) is 9.78 Å². The van der Waals surface area contributed by atoms with Crippen LogP contribution in [0.25, 0.3) is 0 Å². The number of amides is 1. The Hall–Kier alpha value is -2.16. The summed E-state index contributed by atoms with van der Waals surface area (Å²) in [6.07, 6.45) is 3.90. The van der Waals surface area contributed by atoms with Gasteiger partial charge in [0.05, 0.1) is 0 Å². The Morgan fingerprint density at radius 2 is 1.95 bits per heavy atom. The minimum Gasteiger partial charge on any atom is -0.336 e. The van der Waals surface area contributed by atoms with Gasteiger partial charge in [-0.2, -0.15) is 0 Å². The molecule has 114 valence electrons. The molecule has 1 aliphatic rings. The van der Waals surface area contributed by atoms with Crippen LogP contribution < -0.4 is 0 Å². The third-order valence-electron chi connectivity index (χ3n) is 4.58. The van der Waals surface area contributed by atoms with Crippen LogP contribution in [-0.2, 0) is 5.41 Å². The highest BCUT2D eigenvalue weighted by atomic mass is 16.2. The molecule has 0 aliphatic carbocycles. The smallest absolute Gasteiger partial charge is 0.272 e. The largest absolute Gasteiger partial charge is 0.336 e. The fraction of sp³-hybridized carbons (Fsp3) is 0.368. The summed E-state index contributed by atoms with van der Waals surface area (Å²) in [6.45, 7) is 5.81. The molecule has 1 amide bonds. The molecule has 0 unspecified atom stereocenters. The van der Waals surface area contributed by atoms with E-state index >= 15 is 0 Å². The Bertz CT molecular complexity index is 651. The van der Waals surface area contributed by atoms with Crippen molar-refractivity contribution in [2.45, 2.75) is 32.1 Å². The molecular weight excluding hydrogens is 272 g/mol. The van der Waals surface area contributed by atoms with Crippen molar-refractivity contribution in [3.05, 3.63) is 65.5 Å². The second kappa shape index (κ2) is 5.91. The third-order valence-corrected chi connectivity index (χ3v) is 4.58. The van der Waals surface area contributed by atoms with Crippen molar-refractivity contribution in [1.29, 1.82) is 0 Å². The number of rotatable bonds is 2. The maximum absolute atomic E-state index is 12.7. The van der Waals surface area contributed by atoms with E-state index in [1.165, 1.54) is 5.56 Å². The van der Waals surface area contributed by atoms with Gasteiger partial charge in [-0.05, 0) is 37.0 Å². The van der Waals surface area contributed by atoms with Crippen molar-refractivity contribution in [1.82, 2.24) is 9.88 Å². The highest BCUT2D eigenvalue weighted by molar-refractivity contribution is 5.92. The summed E-state index contributed by atoms with van der Waals surface area (Å²) in [5.41, 5.74) is 2.96. The van der Waals surface area contributed by atoms with Gasteiger partial charge in [0.1, 0.15) is 5.69 Å². The van der Waals surface area contributed by atoms with Gasteiger partial charge in [-0.15, -0.1) is 0 Å². The van der Waals surface area contributed by atoms with E-state index in [9.17, 15) is 4.79 Å². The molecule has 1 aliphatic heterocycles. The zero-order valence-electron chi connectivity index (χ0n) is 13.2. The summed E-state index contributed by atoms with van der Waals surface area (Å²) in [4.78, 5) is 18.9. The minimum absolute atomic E-state index is 0.0276. The molecule has 2 aromatic rings. The molecule has 1 atom stereocenters. The van der Waals surface area contributed by atoms with Gasteiger partial charge in [0.15, 0.2) is 0 Å². The fourth-order valence-electron chi connectivity index (χ4n) is 3.25. The summed E-state index contributed by atoms with van der Waals surface area (Å²) in [5.74, 6) is 0.0434. The van der Waals surface area contributed by atoms with Gasteiger partial charge < -0.3 is 4.90 Å². The Morgan fingerprint density at radius 1 is 1.18 bits per heavy atom. The standard InChI is InChI=1S/C19H22N2O/c1-15-9-10-17(20-13-15)18(22)21-12-6-11-19(2,14-21)16-7-4-3-5-8-16/h3-5,7-10,13H,6,11-12,14H2,1-2H3/t19-/m0/s1. The maximum Gasteiger partial charge on any atom is 0.272 e. The molecule has 2 heterocycles. The molecule has 3 heteroatoms. The van der Waals surface area contributed by atoms with Gasteiger partial charge in [-0.25, -0.2) is 0 Å². The van der Waals surface area contributed by atoms with Crippen molar-refractivity contribution in [2.75, 3.05) is 13.1 Å². The number of hydrogen-bond donors (Lipinski definition) is 0. The molecule has 22 heavy (non-hydrogen) atoms. The van der Waals surface area contributed by atoms with E-state index in [2.05, 4.69) is 36.2 Å². The van der Waals surface area contributed by atoms with Gasteiger partial charge >= 0.3 is 0 Å². The van der Waals surface area contributed by atoms with Crippen molar-refractivity contribution in [3.63, 3.8) is 0 Å². The topological polar surface area (TPSA) is 33.2 Å². The molecular formula is C19H22N2O. The van der Waals surface area contributed by atoms with Crippen LogP contribution in [0.4, 0.5) is 0 Å². The van der Waals surface area contributed by atoms with E-state index in [1.54, 1.807) is 6.20 Å². The molecule has 1 aromatic heterocycles. The van der Waals surface area contributed by atoms with Crippen LogP contribution >= 0.6 is 0 Å². The molecule has 0 bridgehead atoms. The van der Waals surface area contributed by atoms with Crippen LogP contribution in [0.1, 0.15) is 41.4 Å². The van der Waals surface area contributed by atoms with Crippen molar-refractivity contribution in [3.8, 4) is 0 Å². The molecule has 1 fully saturated rings. The number of carbonyl (C=O) groups excluding carboxylic acids is 1. The Morgan fingerprint density at radius 3 is 2.64 bits per heavy atom. The number of aryl methyl sites for hydroxylation is 1. The van der Waals surface area contributed by atoms with Crippen molar-refractivity contribution >= 4 is 5.91 Å². The number of hydrogen-bond acceptors (Lipinski definition) is 2. The van der Waals surface area contributed by atoms with Crippen LogP contribution in [0.3, 0.4) is 0 Å². The maximum atomic E-state index is 12.7. The van der Waals surface area contributed by atoms with Gasteiger partial charge in [0.2, 0.25) is 0 Å². The molecule has 3 rings (SSSR count). The average Bonchev–Trinajstić information content (AvgIpc) is 2.56. The lowest BCUT2D eigenvalue weighted by Gasteiger charge is -2.40. The predicted molar refractivity (Wildman–Crippen MR) is 87.9 cm³/mol. The van der Waals surface area contributed by atoms with Crippen LogP contribution in [0.2, 0.25) is 0 Å². The first-order valence-corrected chi connectivity index (χ1v) is 7.86. The zero-order chi connectivity index (χ0) is 15.6. The average molecular weight is 294 g/mol. The number of nitrogens with zero attached hydrogens (tertiary/aromatic N) is 2. The third kappa shape index (κ3) is 2.89. The number of benzene rings is 1. The van der Waals surface area contributed by atoms with Crippen LogP contribution in [-0.4, -0.2) is 28.9 Å². The normalized spacial score (nSPS) is 21.6. The van der Waals surface area contributed by atoms with E-state index in [4.69, 9.17) is 0 Å². The van der Waals surface area contributed by atoms with Gasteiger partial charge in [0, 0.05) is 24.7 Å². The van der Waals surface area contributed by atoms with Crippen molar-refractivity contribution < 1.29 is 4.79 Å². The highest BCUT2D eigenvalue weighted by Gasteiger charge is 2.34. The lowest BCUT2D eigenvalue weighted by Crippen LogP contribution is -2.47. The first kappa shape index (κ1) is 14.8. The number of carbonyl (C=O) groups is 1. The van der Waals surface area contributed by atoms with Crippen LogP contribution in [0, 0.1) is 6.92 Å². The van der Waals surface area contributed by atoms with E-state index in [-0.39, 0.29) is 11.3 Å². The summed E-state index contributed by atoms with van der Waals surface area (Å²) in [7, 11) is 0. The molecule has 3 nitrogen and oxygen atoms in total. The summed E-state index contributed by atoms with van der Waals surface area (Å²) >= 11 is 0. The molecule has 1 saturated heterocycles. The lowest BCUT2D eigenvalue weighted by molar-refractivity contribution is 0.0645. The second-order valence-corrected chi connectivity index (χ2v) is 6.48. The summed E-state index contributed by atoms with van der Waals surface area (Å²) in [6, 6.07) is 14.3. The molecule has 0 spiro atoms. The Labute approximate surface area is 132 Å². The number of likely N-dealkylation sites (tertiary alicyclic amines) is 1. The Kier molecular flexibility index (Phi) is 3.97. The molecule has 0 saturated carbocycles. The van der Waals surface area contributed by atoms with Crippen LogP contribution in [0.15, 0.2) is 48.7 Å². The fourth-order valence-corrected chi connectivity index (χ4v) is 3.25. The van der Waals surface area contributed by atoms with E-state index in [0.717, 1.165) is 31.5 Å². The summed E-state index contributed by atoms with van der Waals surface area (Å²) in [5, 5.41) is 0. The summed E-state index contributed by atoms with van der Waals surface area (Å²) < 4.78 is 0. The monoisotopic (exact) mass is 294 g/mol. The SMILES string of the molecule is Cc1ccc(C(=O)N2CCC[C@](C)(c3ccccc3)C2)nc1. The second-order valence-electron chi connectivity index (χ2n) is 6.48. The number of aromatic nitrogens is 1. The van der Waals surface area contributed by atoms with Crippen molar-refractivity contribution in [2.24, 2.45) is 0 Å². The first-order valence-electron chi connectivity index (χ1n) is 7.86. The first-order chi connectivity index (χ1) is 10.6.